The highest BCUT2D eigenvalue weighted by molar-refractivity contribution is 7.03. The highest BCUT2D eigenvalue weighted by Crippen LogP contribution is 2.22. The van der Waals surface area contributed by atoms with Crippen LogP contribution in [0.3, 0.4) is 0 Å². The third kappa shape index (κ3) is 4.26. The molecular formula is C11H21N3S. The summed E-state index contributed by atoms with van der Waals surface area (Å²) < 4.78 is 3.93. The molecule has 2 unspecified atom stereocenters. The molecule has 1 aromatic rings. The molecule has 1 rings (SSSR count). The summed E-state index contributed by atoms with van der Waals surface area (Å²) in [6, 6.07) is 0.385. The second-order valence-electron chi connectivity index (χ2n) is 4.07. The van der Waals surface area contributed by atoms with Crippen LogP contribution in [-0.2, 0) is 0 Å². The van der Waals surface area contributed by atoms with Gasteiger partial charge in [-0.15, -0.1) is 5.10 Å². The van der Waals surface area contributed by atoms with Gasteiger partial charge in [0.05, 0.1) is 11.7 Å². The van der Waals surface area contributed by atoms with Gasteiger partial charge in [-0.25, -0.2) is 0 Å². The lowest BCUT2D eigenvalue weighted by Gasteiger charge is -2.19. The number of hydrogen-bond acceptors (Lipinski definition) is 4. The van der Waals surface area contributed by atoms with E-state index >= 15 is 0 Å². The molecule has 0 aliphatic heterocycles. The first kappa shape index (κ1) is 12.6. The Bertz CT molecular complexity index is 248. The van der Waals surface area contributed by atoms with E-state index in [0.29, 0.717) is 6.04 Å². The zero-order valence-corrected chi connectivity index (χ0v) is 10.7. The van der Waals surface area contributed by atoms with Gasteiger partial charge in [0.1, 0.15) is 0 Å². The van der Waals surface area contributed by atoms with Gasteiger partial charge in [-0.1, -0.05) is 38.1 Å². The van der Waals surface area contributed by atoms with Crippen LogP contribution in [0.5, 0.6) is 0 Å². The smallest absolute Gasteiger partial charge is 0.0924 e. The molecule has 2 atom stereocenters. The Morgan fingerprint density at radius 3 is 2.80 bits per heavy atom. The van der Waals surface area contributed by atoms with Crippen LogP contribution in [0.1, 0.15) is 51.8 Å². The molecule has 1 N–H and O–H groups in total. The molecule has 0 radical (unpaired) electrons. The Morgan fingerprint density at radius 2 is 2.27 bits per heavy atom. The Balaban J connectivity index is 2.51. The third-order valence-corrected chi connectivity index (χ3v) is 3.13. The quantitative estimate of drug-likeness (QED) is 0.778. The van der Waals surface area contributed by atoms with Gasteiger partial charge in [0, 0.05) is 5.38 Å². The molecule has 0 saturated carbocycles. The van der Waals surface area contributed by atoms with Gasteiger partial charge in [-0.05, 0) is 30.4 Å². The highest BCUT2D eigenvalue weighted by atomic mass is 32.1. The maximum absolute atomic E-state index is 4.15. The first-order valence-electron chi connectivity index (χ1n) is 5.78. The topological polar surface area (TPSA) is 37.8 Å². The molecule has 0 aliphatic carbocycles. The average Bonchev–Trinajstić information content (AvgIpc) is 2.70. The van der Waals surface area contributed by atoms with Gasteiger partial charge >= 0.3 is 0 Å². The number of rotatable bonds is 7. The van der Waals surface area contributed by atoms with Crippen molar-refractivity contribution in [2.24, 2.45) is 5.92 Å². The van der Waals surface area contributed by atoms with Crippen molar-refractivity contribution in [1.82, 2.24) is 14.9 Å². The summed E-state index contributed by atoms with van der Waals surface area (Å²) in [6.07, 6.45) is 3.71. The normalized spacial score (nSPS) is 15.1. The summed E-state index contributed by atoms with van der Waals surface area (Å²) in [5.74, 6) is 0.751. The van der Waals surface area contributed by atoms with Crippen molar-refractivity contribution in [1.29, 1.82) is 0 Å². The van der Waals surface area contributed by atoms with Gasteiger partial charge in [0.2, 0.25) is 0 Å². The van der Waals surface area contributed by atoms with Gasteiger partial charge in [0.25, 0.3) is 0 Å². The minimum Gasteiger partial charge on any atom is -0.309 e. The zero-order valence-electron chi connectivity index (χ0n) is 9.86. The first-order valence-corrected chi connectivity index (χ1v) is 6.61. The van der Waals surface area contributed by atoms with Crippen LogP contribution in [0.15, 0.2) is 5.38 Å². The fourth-order valence-corrected chi connectivity index (χ4v) is 2.40. The average molecular weight is 227 g/mol. The first-order chi connectivity index (χ1) is 7.27. The lowest BCUT2D eigenvalue weighted by atomic mass is 9.96. The molecule has 0 saturated heterocycles. The molecular weight excluding hydrogens is 206 g/mol. The fourth-order valence-electron chi connectivity index (χ4n) is 1.89. The molecule has 15 heavy (non-hydrogen) atoms. The maximum atomic E-state index is 4.15. The van der Waals surface area contributed by atoms with Gasteiger partial charge in [-0.3, -0.25) is 0 Å². The van der Waals surface area contributed by atoms with Crippen LogP contribution >= 0.6 is 11.5 Å². The van der Waals surface area contributed by atoms with Gasteiger partial charge < -0.3 is 5.32 Å². The van der Waals surface area contributed by atoms with Gasteiger partial charge in [0.15, 0.2) is 0 Å². The van der Waals surface area contributed by atoms with E-state index in [1.165, 1.54) is 24.4 Å². The summed E-state index contributed by atoms with van der Waals surface area (Å²) in [6.45, 7) is 7.68. The van der Waals surface area contributed by atoms with Crippen molar-refractivity contribution in [2.75, 3.05) is 6.54 Å². The standard InChI is InChI=1S/C11H21N3S/c1-4-6-9(3)7-10(12-5-2)11-8-15-14-13-11/h8-10,12H,4-7H2,1-3H3. The Labute approximate surface area is 96.5 Å². The number of nitrogens with one attached hydrogen (secondary N) is 1. The van der Waals surface area contributed by atoms with E-state index in [1.807, 2.05) is 5.38 Å². The predicted molar refractivity (Wildman–Crippen MR) is 65.0 cm³/mol. The zero-order chi connectivity index (χ0) is 11.1. The molecule has 0 aliphatic rings. The largest absolute Gasteiger partial charge is 0.309 e. The molecule has 0 spiro atoms. The SMILES string of the molecule is CCCC(C)CC(NCC)c1csnn1. The van der Waals surface area contributed by atoms with Crippen LogP contribution < -0.4 is 5.32 Å². The van der Waals surface area contributed by atoms with E-state index in [1.54, 1.807) is 0 Å². The summed E-state index contributed by atoms with van der Waals surface area (Å²) >= 11 is 1.43. The van der Waals surface area contributed by atoms with Crippen molar-refractivity contribution < 1.29 is 0 Å². The molecule has 1 aromatic heterocycles. The summed E-state index contributed by atoms with van der Waals surface area (Å²) in [5, 5.41) is 9.68. The van der Waals surface area contributed by atoms with Crippen LogP contribution in [0.4, 0.5) is 0 Å². The minimum absolute atomic E-state index is 0.385. The van der Waals surface area contributed by atoms with Crippen LogP contribution in [0, 0.1) is 5.92 Å². The van der Waals surface area contributed by atoms with E-state index in [9.17, 15) is 0 Å². The Hall–Kier alpha value is -0.480. The van der Waals surface area contributed by atoms with Crippen molar-refractivity contribution in [3.05, 3.63) is 11.1 Å². The molecule has 0 aromatic carbocycles. The maximum Gasteiger partial charge on any atom is 0.0924 e. The van der Waals surface area contributed by atoms with Crippen molar-refractivity contribution in [2.45, 2.75) is 46.1 Å². The van der Waals surface area contributed by atoms with E-state index in [4.69, 9.17) is 0 Å². The van der Waals surface area contributed by atoms with Crippen LogP contribution in [0.2, 0.25) is 0 Å². The molecule has 86 valence electrons. The van der Waals surface area contributed by atoms with E-state index < -0.39 is 0 Å². The monoisotopic (exact) mass is 227 g/mol. The van der Waals surface area contributed by atoms with Gasteiger partial charge in [-0.2, -0.15) is 0 Å². The Kier molecular flexibility index (Phi) is 5.79. The van der Waals surface area contributed by atoms with E-state index in [0.717, 1.165) is 24.6 Å². The van der Waals surface area contributed by atoms with E-state index in [2.05, 4.69) is 35.7 Å². The lowest BCUT2D eigenvalue weighted by Crippen LogP contribution is -2.23. The second kappa shape index (κ2) is 6.90. The Morgan fingerprint density at radius 1 is 1.47 bits per heavy atom. The van der Waals surface area contributed by atoms with Crippen molar-refractivity contribution in [3.8, 4) is 0 Å². The fraction of sp³-hybridized carbons (Fsp3) is 0.818. The lowest BCUT2D eigenvalue weighted by molar-refractivity contribution is 0.389. The number of aromatic nitrogens is 2. The number of hydrogen-bond donors (Lipinski definition) is 1. The third-order valence-electron chi connectivity index (χ3n) is 2.60. The molecule has 0 amide bonds. The predicted octanol–water partition coefficient (Wildman–Crippen LogP) is 3.02. The molecule has 0 fully saturated rings. The summed E-state index contributed by atoms with van der Waals surface area (Å²) in [5.41, 5.74) is 1.10. The van der Waals surface area contributed by atoms with Crippen LogP contribution in [-0.4, -0.2) is 16.1 Å². The van der Waals surface area contributed by atoms with Crippen LogP contribution in [0.25, 0.3) is 0 Å². The minimum atomic E-state index is 0.385. The molecule has 1 heterocycles. The molecule has 4 heteroatoms. The van der Waals surface area contributed by atoms with Crippen molar-refractivity contribution >= 4 is 11.5 Å². The highest BCUT2D eigenvalue weighted by Gasteiger charge is 2.16. The van der Waals surface area contributed by atoms with Crippen molar-refractivity contribution in [3.63, 3.8) is 0 Å². The second-order valence-corrected chi connectivity index (χ2v) is 4.68. The molecule has 3 nitrogen and oxygen atoms in total. The van der Waals surface area contributed by atoms with E-state index in [-0.39, 0.29) is 0 Å². The summed E-state index contributed by atoms with van der Waals surface area (Å²) in [7, 11) is 0. The number of nitrogens with zero attached hydrogens (tertiary/aromatic N) is 2. The summed E-state index contributed by atoms with van der Waals surface area (Å²) in [4.78, 5) is 0. The molecule has 0 bridgehead atoms.